The monoisotopic (exact) mass is 344 g/mol. The molecule has 0 radical (unpaired) electrons. The third kappa shape index (κ3) is 3.31. The summed E-state index contributed by atoms with van der Waals surface area (Å²) in [4.78, 5) is 12.2. The van der Waals surface area contributed by atoms with Crippen molar-refractivity contribution < 1.29 is 9.53 Å². The van der Waals surface area contributed by atoms with Crippen molar-refractivity contribution in [1.82, 2.24) is 10.6 Å². The van der Waals surface area contributed by atoms with E-state index in [-0.39, 0.29) is 6.61 Å². The fourth-order valence-electron chi connectivity index (χ4n) is 2.21. The highest BCUT2D eigenvalue weighted by Crippen LogP contribution is 2.37. The quantitative estimate of drug-likeness (QED) is 0.651. The number of hydrogen-bond donors (Lipinski definition) is 2. The first-order chi connectivity index (χ1) is 9.95. The highest BCUT2D eigenvalue weighted by Gasteiger charge is 2.38. The number of rotatable bonds is 3. The molecular weight excluding hydrogens is 331 g/mol. The molecule has 7 heteroatoms. The first kappa shape index (κ1) is 16.1. The second-order valence-corrected chi connectivity index (χ2v) is 5.67. The van der Waals surface area contributed by atoms with Gasteiger partial charge in [-0.05, 0) is 30.8 Å². The molecule has 21 heavy (non-hydrogen) atoms. The predicted molar refractivity (Wildman–Crippen MR) is 87.3 cm³/mol. The van der Waals surface area contributed by atoms with E-state index in [1.807, 2.05) is 0 Å². The SMILES string of the molecule is C=C1NC(=S)NC(c2cccc(Cl)c2Cl)C1C(=O)OCC. The van der Waals surface area contributed by atoms with Crippen LogP contribution in [0.15, 0.2) is 30.5 Å². The number of thiocarbonyl (C=S) groups is 1. The summed E-state index contributed by atoms with van der Waals surface area (Å²) in [5, 5.41) is 7.05. The van der Waals surface area contributed by atoms with Crippen LogP contribution >= 0.6 is 35.4 Å². The summed E-state index contributed by atoms with van der Waals surface area (Å²) < 4.78 is 5.11. The summed E-state index contributed by atoms with van der Waals surface area (Å²) in [6.45, 7) is 5.89. The molecule has 2 N–H and O–H groups in total. The molecule has 2 atom stereocenters. The molecule has 1 fully saturated rings. The maximum absolute atomic E-state index is 12.2. The van der Waals surface area contributed by atoms with Crippen LogP contribution in [0.4, 0.5) is 0 Å². The Hall–Kier alpha value is -1.30. The third-order valence-corrected chi connectivity index (χ3v) is 4.18. The van der Waals surface area contributed by atoms with Gasteiger partial charge in [0.25, 0.3) is 0 Å². The van der Waals surface area contributed by atoms with Crippen molar-refractivity contribution in [3.05, 3.63) is 46.1 Å². The van der Waals surface area contributed by atoms with Gasteiger partial charge < -0.3 is 15.4 Å². The van der Waals surface area contributed by atoms with Gasteiger partial charge in [-0.15, -0.1) is 0 Å². The van der Waals surface area contributed by atoms with Crippen molar-refractivity contribution in [3.63, 3.8) is 0 Å². The van der Waals surface area contributed by atoms with Gasteiger partial charge in [0.05, 0.1) is 22.7 Å². The van der Waals surface area contributed by atoms with Gasteiger partial charge in [-0.3, -0.25) is 4.79 Å². The Kier molecular flexibility index (Phi) is 5.08. The van der Waals surface area contributed by atoms with Crippen molar-refractivity contribution in [2.24, 2.45) is 5.92 Å². The summed E-state index contributed by atoms with van der Waals surface area (Å²) in [5.74, 6) is -1.04. The Bertz CT molecular complexity index is 607. The smallest absolute Gasteiger partial charge is 0.317 e. The first-order valence-electron chi connectivity index (χ1n) is 6.32. The number of benzene rings is 1. The van der Waals surface area contributed by atoms with E-state index in [9.17, 15) is 4.79 Å². The Morgan fingerprint density at radius 2 is 2.19 bits per heavy atom. The summed E-state index contributed by atoms with van der Waals surface area (Å²) in [5.41, 5.74) is 1.14. The lowest BCUT2D eigenvalue weighted by atomic mass is 9.89. The molecule has 2 unspecified atom stereocenters. The number of nitrogens with one attached hydrogen (secondary N) is 2. The van der Waals surface area contributed by atoms with Gasteiger partial charge in [-0.25, -0.2) is 0 Å². The zero-order valence-corrected chi connectivity index (χ0v) is 13.6. The van der Waals surface area contributed by atoms with Gasteiger partial charge in [-0.1, -0.05) is 41.9 Å². The van der Waals surface area contributed by atoms with Gasteiger partial charge in [-0.2, -0.15) is 0 Å². The van der Waals surface area contributed by atoms with Crippen LogP contribution in [0.1, 0.15) is 18.5 Å². The molecule has 1 aliphatic heterocycles. The highest BCUT2D eigenvalue weighted by atomic mass is 35.5. The fourth-order valence-corrected chi connectivity index (χ4v) is 2.90. The topological polar surface area (TPSA) is 50.4 Å². The molecule has 4 nitrogen and oxygen atoms in total. The van der Waals surface area contributed by atoms with E-state index in [0.29, 0.717) is 26.4 Å². The molecule has 1 saturated heterocycles. The Labute approximate surface area is 138 Å². The maximum Gasteiger partial charge on any atom is 0.317 e. The molecule has 1 aromatic carbocycles. The van der Waals surface area contributed by atoms with E-state index >= 15 is 0 Å². The highest BCUT2D eigenvalue weighted by molar-refractivity contribution is 7.80. The summed E-state index contributed by atoms with van der Waals surface area (Å²) in [6.07, 6.45) is 0. The molecule has 0 aliphatic carbocycles. The van der Waals surface area contributed by atoms with E-state index in [2.05, 4.69) is 17.2 Å². The van der Waals surface area contributed by atoms with E-state index in [0.717, 1.165) is 0 Å². The molecule has 0 saturated carbocycles. The third-order valence-electron chi connectivity index (χ3n) is 3.13. The van der Waals surface area contributed by atoms with Crippen LogP contribution in [0.3, 0.4) is 0 Å². The van der Waals surface area contributed by atoms with E-state index < -0.39 is 17.9 Å². The van der Waals surface area contributed by atoms with Gasteiger partial charge in [0.15, 0.2) is 5.11 Å². The van der Waals surface area contributed by atoms with Crippen LogP contribution in [0.5, 0.6) is 0 Å². The molecule has 0 spiro atoms. The second kappa shape index (κ2) is 6.64. The molecule has 1 aromatic rings. The van der Waals surface area contributed by atoms with Crippen LogP contribution in [-0.2, 0) is 9.53 Å². The summed E-state index contributed by atoms with van der Waals surface area (Å²) in [7, 11) is 0. The number of carbonyl (C=O) groups is 1. The fraction of sp³-hybridized carbons (Fsp3) is 0.286. The minimum absolute atomic E-state index is 0.281. The predicted octanol–water partition coefficient (Wildman–Crippen LogP) is 3.21. The van der Waals surface area contributed by atoms with Gasteiger partial charge in [0, 0.05) is 5.70 Å². The van der Waals surface area contributed by atoms with Crippen LogP contribution in [0.2, 0.25) is 10.0 Å². The van der Waals surface area contributed by atoms with Gasteiger partial charge in [0.2, 0.25) is 0 Å². The van der Waals surface area contributed by atoms with Crippen LogP contribution in [-0.4, -0.2) is 17.7 Å². The van der Waals surface area contributed by atoms with E-state index in [1.165, 1.54) is 0 Å². The Balaban J connectivity index is 2.44. The lowest BCUT2D eigenvalue weighted by Crippen LogP contribution is -2.51. The minimum Gasteiger partial charge on any atom is -0.465 e. The number of ether oxygens (including phenoxy) is 1. The summed E-state index contributed by atoms with van der Waals surface area (Å²) >= 11 is 17.4. The number of esters is 1. The van der Waals surface area contributed by atoms with Crippen molar-refractivity contribution in [1.29, 1.82) is 0 Å². The van der Waals surface area contributed by atoms with Crippen molar-refractivity contribution in [3.8, 4) is 0 Å². The normalized spacial score (nSPS) is 21.5. The summed E-state index contributed by atoms with van der Waals surface area (Å²) in [6, 6.07) is 4.76. The average molecular weight is 345 g/mol. The molecular formula is C14H14Cl2N2O2S. The standard InChI is InChI=1S/C14H14Cl2N2O2S/c1-3-20-13(19)10-7(2)17-14(21)18-12(10)8-5-4-6-9(15)11(8)16/h4-6,10,12H,2-3H2,1H3,(H2,17,18,21). The molecule has 1 heterocycles. The lowest BCUT2D eigenvalue weighted by Gasteiger charge is -2.35. The minimum atomic E-state index is -0.646. The number of halogens is 2. The van der Waals surface area contributed by atoms with Crippen molar-refractivity contribution >= 4 is 46.5 Å². The van der Waals surface area contributed by atoms with Crippen LogP contribution < -0.4 is 10.6 Å². The molecule has 1 aliphatic rings. The second-order valence-electron chi connectivity index (χ2n) is 4.47. The molecule has 2 rings (SSSR count). The Morgan fingerprint density at radius 3 is 2.86 bits per heavy atom. The average Bonchev–Trinajstić information content (AvgIpc) is 2.41. The number of carbonyl (C=O) groups excluding carboxylic acids is 1. The van der Waals surface area contributed by atoms with Crippen LogP contribution in [0, 0.1) is 5.92 Å². The van der Waals surface area contributed by atoms with E-state index in [1.54, 1.807) is 25.1 Å². The first-order valence-corrected chi connectivity index (χ1v) is 7.49. The Morgan fingerprint density at radius 1 is 1.48 bits per heavy atom. The van der Waals surface area contributed by atoms with E-state index in [4.69, 9.17) is 40.2 Å². The van der Waals surface area contributed by atoms with Crippen molar-refractivity contribution in [2.75, 3.05) is 6.61 Å². The largest absolute Gasteiger partial charge is 0.465 e. The van der Waals surface area contributed by atoms with Gasteiger partial charge >= 0.3 is 5.97 Å². The zero-order chi connectivity index (χ0) is 15.6. The molecule has 0 amide bonds. The van der Waals surface area contributed by atoms with Crippen LogP contribution in [0.25, 0.3) is 0 Å². The lowest BCUT2D eigenvalue weighted by molar-refractivity contribution is -0.147. The molecule has 112 valence electrons. The molecule has 0 bridgehead atoms. The van der Waals surface area contributed by atoms with Gasteiger partial charge in [0.1, 0.15) is 5.92 Å². The molecule has 0 aromatic heterocycles. The zero-order valence-electron chi connectivity index (χ0n) is 11.3. The van der Waals surface area contributed by atoms with Crippen molar-refractivity contribution in [2.45, 2.75) is 13.0 Å². The maximum atomic E-state index is 12.2. The number of hydrogen-bond acceptors (Lipinski definition) is 3.